The SMILES string of the molecule is Cn1nc(CN(C(=O)c2ccccc2F)c2ccccc2)c2c1CCN(S(=O)(=O)c1ccc(Cl)cc1)C2. The van der Waals surface area contributed by atoms with Gasteiger partial charge in [-0.3, -0.25) is 9.48 Å². The predicted octanol–water partition coefficient (Wildman–Crippen LogP) is 4.81. The van der Waals surface area contributed by atoms with Crippen LogP contribution in [-0.4, -0.2) is 35.0 Å². The van der Waals surface area contributed by atoms with Gasteiger partial charge in [-0.05, 0) is 48.5 Å². The monoisotopic (exact) mass is 538 g/mol. The van der Waals surface area contributed by atoms with Gasteiger partial charge in [0.2, 0.25) is 10.0 Å². The molecule has 37 heavy (non-hydrogen) atoms. The number of sulfonamides is 1. The van der Waals surface area contributed by atoms with Crippen molar-refractivity contribution in [2.75, 3.05) is 11.4 Å². The number of aromatic nitrogens is 2. The van der Waals surface area contributed by atoms with E-state index in [1.165, 1.54) is 39.5 Å². The maximum atomic E-state index is 14.6. The van der Waals surface area contributed by atoms with Gasteiger partial charge in [0, 0.05) is 48.5 Å². The molecule has 0 radical (unpaired) electrons. The number of hydrogen-bond acceptors (Lipinski definition) is 4. The van der Waals surface area contributed by atoms with E-state index >= 15 is 0 Å². The number of carbonyl (C=O) groups excluding carboxylic acids is 1. The first kappa shape index (κ1) is 25.1. The summed E-state index contributed by atoms with van der Waals surface area (Å²) in [5.74, 6) is -1.12. The van der Waals surface area contributed by atoms with Crippen LogP contribution >= 0.6 is 11.6 Å². The van der Waals surface area contributed by atoms with Gasteiger partial charge in [-0.2, -0.15) is 9.40 Å². The van der Waals surface area contributed by atoms with Gasteiger partial charge in [0.15, 0.2) is 0 Å². The molecule has 2 heterocycles. The van der Waals surface area contributed by atoms with Crippen molar-refractivity contribution in [2.24, 2.45) is 7.05 Å². The van der Waals surface area contributed by atoms with Crippen molar-refractivity contribution >= 4 is 33.2 Å². The quantitative estimate of drug-likeness (QED) is 0.353. The van der Waals surface area contributed by atoms with Gasteiger partial charge >= 0.3 is 0 Å². The number of rotatable bonds is 6. The number of aryl methyl sites for hydroxylation is 1. The van der Waals surface area contributed by atoms with Crippen molar-refractivity contribution in [3.05, 3.63) is 112 Å². The summed E-state index contributed by atoms with van der Waals surface area (Å²) in [6.45, 7) is 0.461. The molecule has 190 valence electrons. The first-order valence-electron chi connectivity index (χ1n) is 11.7. The lowest BCUT2D eigenvalue weighted by Crippen LogP contribution is -2.37. The van der Waals surface area contributed by atoms with Crippen LogP contribution < -0.4 is 4.90 Å². The second kappa shape index (κ2) is 10.1. The van der Waals surface area contributed by atoms with Crippen LogP contribution in [0.3, 0.4) is 0 Å². The van der Waals surface area contributed by atoms with Crippen LogP contribution in [0.15, 0.2) is 83.8 Å². The average molecular weight is 539 g/mol. The van der Waals surface area contributed by atoms with Crippen LogP contribution in [0.2, 0.25) is 5.02 Å². The summed E-state index contributed by atoms with van der Waals surface area (Å²) in [6.07, 6.45) is 0.470. The molecule has 0 spiro atoms. The maximum absolute atomic E-state index is 14.6. The molecular formula is C27H24ClFN4O3S. The molecule has 0 bridgehead atoms. The van der Waals surface area contributed by atoms with E-state index < -0.39 is 21.7 Å². The highest BCUT2D eigenvalue weighted by Gasteiger charge is 2.33. The summed E-state index contributed by atoms with van der Waals surface area (Å²) in [4.78, 5) is 15.1. The standard InChI is InChI=1S/C27H24ClFN4O3S/c1-31-26-15-16-32(37(35,36)21-13-11-19(28)12-14-21)17-23(26)25(30-31)18-33(20-7-3-2-4-8-20)27(34)22-9-5-6-10-24(22)29/h2-14H,15-18H2,1H3. The maximum Gasteiger partial charge on any atom is 0.261 e. The number of carbonyl (C=O) groups is 1. The second-order valence-electron chi connectivity index (χ2n) is 8.74. The zero-order valence-corrected chi connectivity index (χ0v) is 21.6. The first-order chi connectivity index (χ1) is 17.8. The molecule has 0 aliphatic carbocycles. The number of benzene rings is 3. The van der Waals surface area contributed by atoms with Crippen molar-refractivity contribution in [1.29, 1.82) is 0 Å². The Balaban J connectivity index is 1.50. The van der Waals surface area contributed by atoms with Crippen molar-refractivity contribution in [3.8, 4) is 0 Å². The molecule has 0 saturated heterocycles. The van der Waals surface area contributed by atoms with E-state index in [4.69, 9.17) is 11.6 Å². The summed E-state index contributed by atoms with van der Waals surface area (Å²) in [5.41, 5.74) is 2.74. The van der Waals surface area contributed by atoms with Crippen LogP contribution in [0.4, 0.5) is 10.1 Å². The van der Waals surface area contributed by atoms with E-state index in [0.29, 0.717) is 29.4 Å². The van der Waals surface area contributed by atoms with Crippen molar-refractivity contribution in [3.63, 3.8) is 0 Å². The minimum atomic E-state index is -3.77. The number of amides is 1. The second-order valence-corrected chi connectivity index (χ2v) is 11.1. The highest BCUT2D eigenvalue weighted by molar-refractivity contribution is 7.89. The van der Waals surface area contributed by atoms with E-state index in [1.54, 1.807) is 54.2 Å². The third-order valence-electron chi connectivity index (χ3n) is 6.47. The number of hydrogen-bond donors (Lipinski definition) is 0. The Bertz CT molecular complexity index is 1560. The van der Waals surface area contributed by atoms with Crippen LogP contribution in [-0.2, 0) is 36.6 Å². The summed E-state index contributed by atoms with van der Waals surface area (Å²) in [5, 5.41) is 5.10. The van der Waals surface area contributed by atoms with Gasteiger partial charge < -0.3 is 4.90 Å². The number of anilines is 1. The zero-order chi connectivity index (χ0) is 26.2. The van der Waals surface area contributed by atoms with E-state index in [-0.39, 0.29) is 23.5 Å². The van der Waals surface area contributed by atoms with E-state index in [2.05, 4.69) is 5.10 Å². The molecule has 7 nitrogen and oxygen atoms in total. The molecule has 1 aliphatic heterocycles. The molecule has 0 saturated carbocycles. The van der Waals surface area contributed by atoms with Crippen LogP contribution in [0.1, 0.15) is 27.3 Å². The van der Waals surface area contributed by atoms with Gasteiger partial charge in [-0.15, -0.1) is 0 Å². The molecule has 5 rings (SSSR count). The first-order valence-corrected chi connectivity index (χ1v) is 13.5. The number of nitrogens with zero attached hydrogens (tertiary/aromatic N) is 4. The Morgan fingerprint density at radius 1 is 1.03 bits per heavy atom. The number of fused-ring (bicyclic) bond motifs is 1. The molecule has 0 atom stereocenters. The molecule has 0 unspecified atom stereocenters. The summed E-state index contributed by atoms with van der Waals surface area (Å²) >= 11 is 5.94. The molecule has 1 aliphatic rings. The lowest BCUT2D eigenvalue weighted by molar-refractivity contribution is 0.0980. The predicted molar refractivity (Wildman–Crippen MR) is 139 cm³/mol. The fraction of sp³-hybridized carbons (Fsp3) is 0.185. The normalized spacial score (nSPS) is 13.8. The van der Waals surface area contributed by atoms with E-state index in [1.807, 2.05) is 6.07 Å². The molecule has 0 fully saturated rings. The van der Waals surface area contributed by atoms with Crippen LogP contribution in [0.5, 0.6) is 0 Å². The van der Waals surface area contributed by atoms with E-state index in [9.17, 15) is 17.6 Å². The highest BCUT2D eigenvalue weighted by Crippen LogP contribution is 2.30. The Kier molecular flexibility index (Phi) is 6.85. The highest BCUT2D eigenvalue weighted by atomic mass is 35.5. The Hall–Kier alpha value is -3.53. The fourth-order valence-electron chi connectivity index (χ4n) is 4.55. The fourth-order valence-corrected chi connectivity index (χ4v) is 6.09. The third-order valence-corrected chi connectivity index (χ3v) is 8.58. The number of para-hydroxylation sites is 1. The van der Waals surface area contributed by atoms with Gasteiger partial charge in [0.05, 0.1) is 22.7 Å². The van der Waals surface area contributed by atoms with Gasteiger partial charge in [0.1, 0.15) is 5.82 Å². The minimum absolute atomic E-state index is 0.0508. The number of halogens is 2. The topological polar surface area (TPSA) is 75.5 Å². The molecule has 1 amide bonds. The van der Waals surface area contributed by atoms with Crippen LogP contribution in [0.25, 0.3) is 0 Å². The smallest absolute Gasteiger partial charge is 0.261 e. The van der Waals surface area contributed by atoms with Gasteiger partial charge in [-0.1, -0.05) is 41.9 Å². The van der Waals surface area contributed by atoms with E-state index in [0.717, 1.165) is 11.3 Å². The van der Waals surface area contributed by atoms with Crippen molar-refractivity contribution in [1.82, 2.24) is 14.1 Å². The van der Waals surface area contributed by atoms with Gasteiger partial charge in [0.25, 0.3) is 5.91 Å². The Morgan fingerprint density at radius 2 is 1.70 bits per heavy atom. The molecule has 4 aromatic rings. The Labute approximate surface area is 219 Å². The largest absolute Gasteiger partial charge is 0.302 e. The lowest BCUT2D eigenvalue weighted by Gasteiger charge is -2.28. The minimum Gasteiger partial charge on any atom is -0.302 e. The van der Waals surface area contributed by atoms with Crippen LogP contribution in [0, 0.1) is 5.82 Å². The molecule has 10 heteroatoms. The van der Waals surface area contributed by atoms with Crippen molar-refractivity contribution in [2.45, 2.75) is 24.4 Å². The summed E-state index contributed by atoms with van der Waals surface area (Å²) < 4.78 is 44.4. The summed E-state index contributed by atoms with van der Waals surface area (Å²) in [7, 11) is -1.96. The zero-order valence-electron chi connectivity index (χ0n) is 20.0. The Morgan fingerprint density at radius 3 is 2.41 bits per heavy atom. The van der Waals surface area contributed by atoms with Gasteiger partial charge in [-0.25, -0.2) is 12.8 Å². The molecule has 3 aromatic carbocycles. The average Bonchev–Trinajstić information content (AvgIpc) is 3.22. The molecular weight excluding hydrogens is 515 g/mol. The van der Waals surface area contributed by atoms with Crippen molar-refractivity contribution < 1.29 is 17.6 Å². The molecule has 0 N–H and O–H groups in total. The lowest BCUT2D eigenvalue weighted by atomic mass is 10.1. The molecule has 1 aromatic heterocycles. The summed E-state index contributed by atoms with van der Waals surface area (Å²) in [6, 6.07) is 20.9. The third kappa shape index (κ3) is 4.90.